The van der Waals surface area contributed by atoms with Crippen molar-refractivity contribution in [3.05, 3.63) is 12.0 Å². The van der Waals surface area contributed by atoms with Gasteiger partial charge in [-0.3, -0.25) is 10.1 Å². The molecule has 1 amide bonds. The molecule has 0 aromatic carbocycles. The average molecular weight is 227 g/mol. The molecule has 16 heavy (non-hydrogen) atoms. The lowest BCUT2D eigenvalue weighted by molar-refractivity contribution is -0.146. The van der Waals surface area contributed by atoms with Gasteiger partial charge in [-0.15, -0.1) is 0 Å². The number of carbonyl (C=O) groups excluding carboxylic acids is 2. The number of oxazole rings is 1. The molecule has 1 heterocycles. The van der Waals surface area contributed by atoms with Gasteiger partial charge in [-0.1, -0.05) is 0 Å². The molecule has 0 fully saturated rings. The number of carbonyl (C=O) groups is 2. The Morgan fingerprint density at radius 3 is 2.88 bits per heavy atom. The SMILES string of the molecule is CCOC(=O)C(N)C(=O)Nc1nc(C)co1. The second-order valence-electron chi connectivity index (χ2n) is 3.01. The van der Waals surface area contributed by atoms with E-state index < -0.39 is 17.9 Å². The highest BCUT2D eigenvalue weighted by Gasteiger charge is 2.24. The van der Waals surface area contributed by atoms with Crippen molar-refractivity contribution in [1.82, 2.24) is 4.98 Å². The zero-order valence-electron chi connectivity index (χ0n) is 9.02. The smallest absolute Gasteiger partial charge is 0.332 e. The van der Waals surface area contributed by atoms with E-state index in [-0.39, 0.29) is 12.6 Å². The Bertz CT molecular complexity index is 388. The molecule has 0 aliphatic heterocycles. The van der Waals surface area contributed by atoms with E-state index >= 15 is 0 Å². The quantitative estimate of drug-likeness (QED) is 0.545. The van der Waals surface area contributed by atoms with Crippen LogP contribution in [-0.4, -0.2) is 29.5 Å². The molecule has 0 saturated carbocycles. The third kappa shape index (κ3) is 3.06. The molecule has 0 radical (unpaired) electrons. The van der Waals surface area contributed by atoms with E-state index in [1.807, 2.05) is 0 Å². The first-order valence-corrected chi connectivity index (χ1v) is 4.69. The Kier molecular flexibility index (Phi) is 4.01. The Labute approximate surface area is 92.0 Å². The Balaban J connectivity index is 2.55. The van der Waals surface area contributed by atoms with Crippen LogP contribution >= 0.6 is 0 Å². The van der Waals surface area contributed by atoms with Gasteiger partial charge in [-0.2, -0.15) is 4.98 Å². The first-order chi connectivity index (χ1) is 7.54. The second-order valence-corrected chi connectivity index (χ2v) is 3.01. The van der Waals surface area contributed by atoms with Crippen LogP contribution in [0, 0.1) is 6.92 Å². The summed E-state index contributed by atoms with van der Waals surface area (Å²) in [5.74, 6) is -1.51. The molecule has 1 aromatic rings. The van der Waals surface area contributed by atoms with E-state index in [0.717, 1.165) is 0 Å². The van der Waals surface area contributed by atoms with E-state index in [4.69, 9.17) is 10.2 Å². The molecule has 1 unspecified atom stereocenters. The minimum absolute atomic E-state index is 0.00208. The second kappa shape index (κ2) is 5.26. The van der Waals surface area contributed by atoms with Crippen LogP contribution in [0.3, 0.4) is 0 Å². The van der Waals surface area contributed by atoms with Crippen LogP contribution in [0.4, 0.5) is 6.01 Å². The minimum atomic E-state index is -1.38. The van der Waals surface area contributed by atoms with Crippen molar-refractivity contribution < 1.29 is 18.7 Å². The third-order valence-corrected chi connectivity index (χ3v) is 1.67. The van der Waals surface area contributed by atoms with Crippen LogP contribution in [0.5, 0.6) is 0 Å². The molecule has 7 heteroatoms. The normalized spacial score (nSPS) is 11.9. The molecule has 0 aliphatic carbocycles. The van der Waals surface area contributed by atoms with Crippen LogP contribution in [-0.2, 0) is 14.3 Å². The molecular formula is C9H13N3O4. The van der Waals surface area contributed by atoms with Gasteiger partial charge in [0.15, 0.2) is 6.04 Å². The molecule has 7 nitrogen and oxygen atoms in total. The number of aryl methyl sites for hydroxylation is 1. The number of nitrogens with one attached hydrogen (secondary N) is 1. The number of ether oxygens (including phenoxy) is 1. The standard InChI is InChI=1S/C9H13N3O4/c1-3-15-8(14)6(10)7(13)12-9-11-5(2)4-16-9/h4,6H,3,10H2,1-2H3,(H,11,12,13). The maximum atomic E-state index is 11.4. The van der Waals surface area contributed by atoms with Gasteiger partial charge < -0.3 is 14.9 Å². The molecule has 88 valence electrons. The summed E-state index contributed by atoms with van der Waals surface area (Å²) in [6, 6.07) is -1.38. The van der Waals surface area contributed by atoms with E-state index in [1.54, 1.807) is 13.8 Å². The average Bonchev–Trinajstić information content (AvgIpc) is 2.63. The lowest BCUT2D eigenvalue weighted by atomic mass is 10.3. The summed E-state index contributed by atoms with van der Waals surface area (Å²) in [5.41, 5.74) is 5.96. The Hall–Kier alpha value is -1.89. The Morgan fingerprint density at radius 1 is 1.69 bits per heavy atom. The topological polar surface area (TPSA) is 107 Å². The number of nitrogens with zero attached hydrogens (tertiary/aromatic N) is 1. The number of anilines is 1. The van der Waals surface area contributed by atoms with Crippen molar-refractivity contribution in [2.24, 2.45) is 5.73 Å². The van der Waals surface area contributed by atoms with Gasteiger partial charge in [0.25, 0.3) is 5.91 Å². The fourth-order valence-corrected chi connectivity index (χ4v) is 0.934. The zero-order valence-corrected chi connectivity index (χ0v) is 9.02. The van der Waals surface area contributed by atoms with Crippen LogP contribution < -0.4 is 11.1 Å². The summed E-state index contributed by atoms with van der Waals surface area (Å²) in [6.07, 6.45) is 1.37. The van der Waals surface area contributed by atoms with Gasteiger partial charge in [0.1, 0.15) is 6.26 Å². The van der Waals surface area contributed by atoms with Gasteiger partial charge in [-0.05, 0) is 13.8 Å². The number of nitrogens with two attached hydrogens (primary N) is 1. The maximum absolute atomic E-state index is 11.4. The molecule has 3 N–H and O–H groups in total. The summed E-state index contributed by atoms with van der Waals surface area (Å²) < 4.78 is 9.47. The fraction of sp³-hybridized carbons (Fsp3) is 0.444. The van der Waals surface area contributed by atoms with E-state index in [9.17, 15) is 9.59 Å². The van der Waals surface area contributed by atoms with Gasteiger partial charge in [0.2, 0.25) is 0 Å². The lowest BCUT2D eigenvalue weighted by Crippen LogP contribution is -2.43. The van der Waals surface area contributed by atoms with Crippen molar-refractivity contribution in [3.63, 3.8) is 0 Å². The first kappa shape index (κ1) is 12.2. The Morgan fingerprint density at radius 2 is 2.38 bits per heavy atom. The lowest BCUT2D eigenvalue weighted by Gasteiger charge is -2.08. The predicted octanol–water partition coefficient (Wildman–Crippen LogP) is -0.188. The number of aromatic nitrogens is 1. The van der Waals surface area contributed by atoms with Crippen molar-refractivity contribution in [3.8, 4) is 0 Å². The third-order valence-electron chi connectivity index (χ3n) is 1.67. The predicted molar refractivity (Wildman–Crippen MR) is 54.5 cm³/mol. The highest BCUT2D eigenvalue weighted by Crippen LogP contribution is 2.06. The summed E-state index contributed by atoms with van der Waals surface area (Å²) >= 11 is 0. The minimum Gasteiger partial charge on any atom is -0.464 e. The highest BCUT2D eigenvalue weighted by molar-refractivity contribution is 6.07. The molecule has 0 saturated heterocycles. The number of hydrogen-bond acceptors (Lipinski definition) is 6. The van der Waals surface area contributed by atoms with Crippen LogP contribution in [0.2, 0.25) is 0 Å². The van der Waals surface area contributed by atoms with Gasteiger partial charge in [-0.25, -0.2) is 4.79 Å². The highest BCUT2D eigenvalue weighted by atomic mass is 16.5. The fourth-order valence-electron chi connectivity index (χ4n) is 0.934. The molecule has 1 atom stereocenters. The molecule has 0 spiro atoms. The molecule has 1 rings (SSSR count). The largest absolute Gasteiger partial charge is 0.464 e. The summed E-state index contributed by atoms with van der Waals surface area (Å²) in [4.78, 5) is 26.4. The maximum Gasteiger partial charge on any atom is 0.332 e. The van der Waals surface area contributed by atoms with Crippen LogP contribution in [0.15, 0.2) is 10.7 Å². The first-order valence-electron chi connectivity index (χ1n) is 4.69. The zero-order chi connectivity index (χ0) is 12.1. The summed E-state index contributed by atoms with van der Waals surface area (Å²) in [6.45, 7) is 3.49. The van der Waals surface area contributed by atoms with E-state index in [2.05, 4.69) is 15.0 Å². The van der Waals surface area contributed by atoms with Crippen molar-refractivity contribution in [2.75, 3.05) is 11.9 Å². The van der Waals surface area contributed by atoms with Gasteiger partial charge in [0.05, 0.1) is 12.3 Å². The monoisotopic (exact) mass is 227 g/mol. The van der Waals surface area contributed by atoms with Gasteiger partial charge in [0, 0.05) is 0 Å². The van der Waals surface area contributed by atoms with E-state index in [0.29, 0.717) is 5.69 Å². The number of amides is 1. The van der Waals surface area contributed by atoms with Crippen LogP contribution in [0.1, 0.15) is 12.6 Å². The number of hydrogen-bond donors (Lipinski definition) is 2. The van der Waals surface area contributed by atoms with Crippen molar-refractivity contribution in [2.45, 2.75) is 19.9 Å². The number of rotatable bonds is 4. The summed E-state index contributed by atoms with van der Waals surface area (Å²) in [7, 11) is 0. The molecule has 0 bridgehead atoms. The van der Waals surface area contributed by atoms with Crippen LogP contribution in [0.25, 0.3) is 0 Å². The molecular weight excluding hydrogens is 214 g/mol. The summed E-state index contributed by atoms with van der Waals surface area (Å²) in [5, 5.41) is 2.26. The molecule has 1 aromatic heterocycles. The van der Waals surface area contributed by atoms with Crippen molar-refractivity contribution >= 4 is 17.9 Å². The van der Waals surface area contributed by atoms with E-state index in [1.165, 1.54) is 6.26 Å². The molecule has 0 aliphatic rings. The number of esters is 1. The van der Waals surface area contributed by atoms with Gasteiger partial charge >= 0.3 is 12.0 Å². The van der Waals surface area contributed by atoms with Crippen molar-refractivity contribution in [1.29, 1.82) is 0 Å².